The van der Waals surface area contributed by atoms with Crippen molar-refractivity contribution < 1.29 is 41.9 Å². The first kappa shape index (κ1) is 24.2. The third kappa shape index (κ3) is 5.15. The fraction of sp³-hybridized carbons (Fsp3) is 0.333. The number of carbonyl (C=O) groups excluding carboxylic acids is 1. The number of benzene rings is 2. The van der Waals surface area contributed by atoms with Gasteiger partial charge in [-0.05, 0) is 49.2 Å². The number of hydrogen-bond donors (Lipinski definition) is 2. The maximum atomic E-state index is 12.7. The first-order valence-corrected chi connectivity index (χ1v) is 9.81. The molecule has 1 aliphatic rings. The summed E-state index contributed by atoms with van der Waals surface area (Å²) in [5.41, 5.74) is 4.62. The van der Waals surface area contributed by atoms with Crippen LogP contribution in [0.5, 0.6) is 17.2 Å². The molecular formula is C21H20BF3N2O6. The van der Waals surface area contributed by atoms with Crippen LogP contribution in [0.2, 0.25) is 0 Å². The van der Waals surface area contributed by atoms with E-state index in [2.05, 4.69) is 4.74 Å². The molecule has 0 radical (unpaired) electrons. The molecule has 33 heavy (non-hydrogen) atoms. The van der Waals surface area contributed by atoms with Gasteiger partial charge >= 0.3 is 13.5 Å². The van der Waals surface area contributed by atoms with Crippen molar-refractivity contribution in [2.24, 2.45) is 5.73 Å². The Kier molecular flexibility index (Phi) is 6.76. The molecule has 0 bridgehead atoms. The van der Waals surface area contributed by atoms with Crippen molar-refractivity contribution in [2.75, 3.05) is 13.2 Å². The minimum atomic E-state index is -4.97. The average Bonchev–Trinajstić information content (AvgIpc) is 3.12. The highest BCUT2D eigenvalue weighted by Crippen LogP contribution is 2.35. The van der Waals surface area contributed by atoms with Gasteiger partial charge in [-0.3, -0.25) is 4.79 Å². The monoisotopic (exact) mass is 464 g/mol. The number of primary amides is 1. The molecule has 0 aliphatic carbocycles. The average molecular weight is 464 g/mol. The van der Waals surface area contributed by atoms with Crippen LogP contribution in [0.3, 0.4) is 0 Å². The van der Waals surface area contributed by atoms with Gasteiger partial charge in [0.05, 0.1) is 19.3 Å². The summed E-state index contributed by atoms with van der Waals surface area (Å²) in [5, 5.41) is 20.0. The van der Waals surface area contributed by atoms with Crippen LogP contribution in [-0.2, 0) is 16.7 Å². The predicted molar refractivity (Wildman–Crippen MR) is 110 cm³/mol. The molecule has 0 fully saturated rings. The summed E-state index contributed by atoms with van der Waals surface area (Å²) < 4.78 is 58.6. The Morgan fingerprint density at radius 2 is 2.03 bits per heavy atom. The van der Waals surface area contributed by atoms with Gasteiger partial charge in [-0.2, -0.15) is 5.26 Å². The number of fused-ring (bicyclic) bond motifs is 1. The van der Waals surface area contributed by atoms with Gasteiger partial charge in [-0.15, -0.1) is 13.2 Å². The predicted octanol–water partition coefficient (Wildman–Crippen LogP) is 2.16. The van der Waals surface area contributed by atoms with E-state index in [1.807, 2.05) is 6.07 Å². The smallest absolute Gasteiger partial charge is 0.490 e. The Morgan fingerprint density at radius 3 is 2.64 bits per heavy atom. The summed E-state index contributed by atoms with van der Waals surface area (Å²) in [4.78, 5) is 11.9. The van der Waals surface area contributed by atoms with Crippen LogP contribution >= 0.6 is 0 Å². The van der Waals surface area contributed by atoms with Crippen molar-refractivity contribution >= 4 is 18.5 Å². The highest BCUT2D eigenvalue weighted by atomic mass is 19.4. The van der Waals surface area contributed by atoms with Crippen LogP contribution in [-0.4, -0.2) is 37.6 Å². The second-order valence-electron chi connectivity index (χ2n) is 7.41. The quantitative estimate of drug-likeness (QED) is 0.574. The van der Waals surface area contributed by atoms with Gasteiger partial charge in [0.1, 0.15) is 17.8 Å². The summed E-state index contributed by atoms with van der Waals surface area (Å²) in [6.07, 6.45) is -4.97. The van der Waals surface area contributed by atoms with Crippen LogP contribution in [0, 0.1) is 11.3 Å². The number of nitrogens with zero attached hydrogens (tertiary/aromatic N) is 1. The first-order valence-electron chi connectivity index (χ1n) is 9.81. The molecule has 2 aromatic rings. The molecule has 0 saturated carbocycles. The molecule has 0 aromatic heterocycles. The standard InChI is InChI=1S/C21H20BF3N2O6/c1-3-30-18-16(7-4-12-9-32-22(29)17(12)18)31-11-20(2,10-26)15-8-13(33-21(23,24)25)5-6-14(15)19(27)28/h4-8,29H,3,9,11H2,1-2H3,(H2,27,28). The lowest BCUT2D eigenvalue weighted by atomic mass is 9.78. The normalized spacial score (nSPS) is 14.8. The van der Waals surface area contributed by atoms with E-state index in [1.54, 1.807) is 19.1 Å². The van der Waals surface area contributed by atoms with Crippen LogP contribution < -0.4 is 25.4 Å². The molecular weight excluding hydrogens is 444 g/mol. The molecule has 3 N–H and O–H groups in total. The lowest BCUT2D eigenvalue weighted by molar-refractivity contribution is -0.274. The molecule has 0 spiro atoms. The van der Waals surface area contributed by atoms with Gasteiger partial charge in [0.2, 0.25) is 5.91 Å². The highest BCUT2D eigenvalue weighted by Gasteiger charge is 2.37. The molecule has 8 nitrogen and oxygen atoms in total. The molecule has 1 unspecified atom stereocenters. The lowest BCUT2D eigenvalue weighted by Gasteiger charge is -2.26. The number of nitrogens with two attached hydrogens (primary N) is 1. The van der Waals surface area contributed by atoms with E-state index < -0.39 is 30.6 Å². The summed E-state index contributed by atoms with van der Waals surface area (Å²) in [6, 6.07) is 8.14. The van der Waals surface area contributed by atoms with E-state index in [0.717, 1.165) is 18.2 Å². The largest absolute Gasteiger partial charge is 0.573 e. The fourth-order valence-electron chi connectivity index (χ4n) is 3.46. The number of nitriles is 1. The van der Waals surface area contributed by atoms with E-state index in [1.165, 1.54) is 6.92 Å². The Labute approximate surface area is 187 Å². The zero-order chi connectivity index (χ0) is 24.4. The second kappa shape index (κ2) is 9.21. The maximum absolute atomic E-state index is 12.7. The van der Waals surface area contributed by atoms with Crippen molar-refractivity contribution in [2.45, 2.75) is 32.2 Å². The van der Waals surface area contributed by atoms with E-state index in [-0.39, 0.29) is 42.4 Å². The maximum Gasteiger partial charge on any atom is 0.573 e. The number of carbonyl (C=O) groups is 1. The van der Waals surface area contributed by atoms with Gasteiger partial charge < -0.3 is 29.6 Å². The Morgan fingerprint density at radius 1 is 1.30 bits per heavy atom. The van der Waals surface area contributed by atoms with E-state index in [0.29, 0.717) is 11.0 Å². The number of amides is 1. The Hall–Kier alpha value is -3.43. The number of rotatable bonds is 8. The van der Waals surface area contributed by atoms with Crippen LogP contribution in [0.15, 0.2) is 30.3 Å². The molecule has 1 aliphatic heterocycles. The van der Waals surface area contributed by atoms with Gasteiger partial charge in [-0.25, -0.2) is 0 Å². The fourth-order valence-corrected chi connectivity index (χ4v) is 3.46. The first-order chi connectivity index (χ1) is 15.5. The van der Waals surface area contributed by atoms with Crippen LogP contribution in [0.1, 0.15) is 35.3 Å². The van der Waals surface area contributed by atoms with E-state index in [9.17, 15) is 28.3 Å². The molecule has 1 heterocycles. The summed E-state index contributed by atoms with van der Waals surface area (Å²) in [7, 11) is -1.22. The minimum absolute atomic E-state index is 0.0956. The third-order valence-electron chi connectivity index (χ3n) is 5.03. The number of ether oxygens (including phenoxy) is 3. The Bertz CT molecular complexity index is 1100. The minimum Gasteiger partial charge on any atom is -0.490 e. The van der Waals surface area contributed by atoms with Crippen LogP contribution in [0.25, 0.3) is 0 Å². The lowest BCUT2D eigenvalue weighted by Crippen LogP contribution is -2.33. The van der Waals surface area contributed by atoms with Gasteiger partial charge in [0.15, 0.2) is 11.5 Å². The van der Waals surface area contributed by atoms with Crippen molar-refractivity contribution in [1.82, 2.24) is 0 Å². The van der Waals surface area contributed by atoms with Gasteiger partial charge in [0, 0.05) is 11.0 Å². The molecule has 12 heteroatoms. The van der Waals surface area contributed by atoms with Crippen molar-refractivity contribution in [3.63, 3.8) is 0 Å². The van der Waals surface area contributed by atoms with Crippen molar-refractivity contribution in [3.8, 4) is 23.3 Å². The molecule has 0 saturated heterocycles. The number of alkyl halides is 3. The van der Waals surface area contributed by atoms with Crippen molar-refractivity contribution in [3.05, 3.63) is 47.0 Å². The number of halogens is 3. The molecule has 1 atom stereocenters. The SMILES string of the molecule is CCOc1c(OCC(C)(C#N)c2cc(OC(F)(F)F)ccc2C(N)=O)ccc2c1B(O)OC2. The molecule has 2 aromatic carbocycles. The van der Waals surface area contributed by atoms with E-state index >= 15 is 0 Å². The third-order valence-corrected chi connectivity index (χ3v) is 5.03. The molecule has 174 valence electrons. The number of hydrogen-bond acceptors (Lipinski definition) is 7. The van der Waals surface area contributed by atoms with Gasteiger partial charge in [-0.1, -0.05) is 6.07 Å². The zero-order valence-electron chi connectivity index (χ0n) is 17.7. The van der Waals surface area contributed by atoms with Crippen molar-refractivity contribution in [1.29, 1.82) is 5.26 Å². The zero-order valence-corrected chi connectivity index (χ0v) is 17.7. The summed E-state index contributed by atoms with van der Waals surface area (Å²) in [5.74, 6) is -1.14. The van der Waals surface area contributed by atoms with E-state index in [4.69, 9.17) is 19.9 Å². The van der Waals surface area contributed by atoms with Crippen LogP contribution in [0.4, 0.5) is 13.2 Å². The summed E-state index contributed by atoms with van der Waals surface area (Å²) in [6.45, 7) is 3.17. The topological polar surface area (TPSA) is 124 Å². The summed E-state index contributed by atoms with van der Waals surface area (Å²) >= 11 is 0. The Balaban J connectivity index is 1.98. The second-order valence-corrected chi connectivity index (χ2v) is 7.41. The van der Waals surface area contributed by atoms with Gasteiger partial charge in [0.25, 0.3) is 0 Å². The molecule has 1 amide bonds. The highest BCUT2D eigenvalue weighted by molar-refractivity contribution is 6.62. The molecule has 3 rings (SSSR count).